The summed E-state index contributed by atoms with van der Waals surface area (Å²) >= 11 is 0. The van der Waals surface area contributed by atoms with Crippen LogP contribution in [0.25, 0.3) is 0 Å². The standard InChI is InChI=1S/C19H20N2O5/c22-15-6-8-21(9-7-15)11-16-10-17(23)18(12-25-16)26-13-19(24)20-14-4-2-1-3-5-14/h1-5,10,12H,6-9,11,13H2,(H,20,24). The van der Waals surface area contributed by atoms with E-state index in [1.807, 2.05) is 18.2 Å². The Morgan fingerprint density at radius 3 is 2.58 bits per heavy atom. The second-order valence-electron chi connectivity index (χ2n) is 6.09. The zero-order chi connectivity index (χ0) is 18.4. The summed E-state index contributed by atoms with van der Waals surface area (Å²) in [4.78, 5) is 37.3. The van der Waals surface area contributed by atoms with Gasteiger partial charge in [-0.3, -0.25) is 19.3 Å². The number of amides is 1. The molecule has 0 unspecified atom stereocenters. The first-order valence-corrected chi connectivity index (χ1v) is 8.43. The third kappa shape index (κ3) is 5.03. The van der Waals surface area contributed by atoms with Gasteiger partial charge in [-0.1, -0.05) is 18.2 Å². The number of hydrogen-bond acceptors (Lipinski definition) is 6. The minimum atomic E-state index is -0.363. The summed E-state index contributed by atoms with van der Waals surface area (Å²) in [6.07, 6.45) is 2.28. The number of ether oxygens (including phenoxy) is 1. The minimum absolute atomic E-state index is 0.00853. The van der Waals surface area contributed by atoms with Gasteiger partial charge in [0, 0.05) is 37.7 Å². The van der Waals surface area contributed by atoms with Crippen molar-refractivity contribution >= 4 is 17.4 Å². The topological polar surface area (TPSA) is 88.8 Å². The van der Waals surface area contributed by atoms with Gasteiger partial charge in [0.1, 0.15) is 17.8 Å². The normalized spacial score (nSPS) is 14.8. The van der Waals surface area contributed by atoms with Crippen LogP contribution >= 0.6 is 0 Å². The van der Waals surface area contributed by atoms with E-state index >= 15 is 0 Å². The predicted molar refractivity (Wildman–Crippen MR) is 95.1 cm³/mol. The van der Waals surface area contributed by atoms with E-state index in [2.05, 4.69) is 10.2 Å². The molecule has 1 fully saturated rings. The van der Waals surface area contributed by atoms with Crippen LogP contribution in [0.4, 0.5) is 5.69 Å². The van der Waals surface area contributed by atoms with E-state index in [1.54, 1.807) is 12.1 Å². The van der Waals surface area contributed by atoms with Gasteiger partial charge in [0.25, 0.3) is 5.91 Å². The van der Waals surface area contributed by atoms with Crippen molar-refractivity contribution in [3.8, 4) is 5.75 Å². The van der Waals surface area contributed by atoms with Gasteiger partial charge in [0.2, 0.25) is 11.2 Å². The first kappa shape index (κ1) is 17.9. The van der Waals surface area contributed by atoms with Crippen LogP contribution in [-0.4, -0.2) is 36.3 Å². The Balaban J connectivity index is 1.52. The predicted octanol–water partition coefficient (Wildman–Crippen LogP) is 1.82. The number of Topliss-reactive ketones (excluding diaryl/α,β-unsaturated/α-hetero) is 1. The van der Waals surface area contributed by atoms with Crippen LogP contribution in [0.15, 0.2) is 51.9 Å². The Morgan fingerprint density at radius 2 is 1.88 bits per heavy atom. The summed E-state index contributed by atoms with van der Waals surface area (Å²) in [5.74, 6) is 0.397. The Bertz CT molecular complexity index is 821. The van der Waals surface area contributed by atoms with Crippen molar-refractivity contribution in [2.24, 2.45) is 0 Å². The monoisotopic (exact) mass is 356 g/mol. The number of ketones is 1. The van der Waals surface area contributed by atoms with Crippen LogP contribution in [0.3, 0.4) is 0 Å². The van der Waals surface area contributed by atoms with Gasteiger partial charge >= 0.3 is 0 Å². The number of carbonyl (C=O) groups is 2. The molecule has 26 heavy (non-hydrogen) atoms. The van der Waals surface area contributed by atoms with Gasteiger partial charge in [-0.2, -0.15) is 0 Å². The second kappa shape index (κ2) is 8.44. The molecule has 2 heterocycles. The Kier molecular flexibility index (Phi) is 5.80. The molecule has 1 saturated heterocycles. The third-order valence-electron chi connectivity index (χ3n) is 4.06. The number of benzene rings is 1. The lowest BCUT2D eigenvalue weighted by Gasteiger charge is -2.24. The number of carbonyl (C=O) groups excluding carboxylic acids is 2. The fourth-order valence-electron chi connectivity index (χ4n) is 2.67. The van der Waals surface area contributed by atoms with Crippen LogP contribution < -0.4 is 15.5 Å². The van der Waals surface area contributed by atoms with Crippen LogP contribution in [0.1, 0.15) is 18.6 Å². The summed E-state index contributed by atoms with van der Waals surface area (Å²) in [6.45, 7) is 1.52. The lowest BCUT2D eigenvalue weighted by Crippen LogP contribution is -2.33. The second-order valence-corrected chi connectivity index (χ2v) is 6.09. The van der Waals surface area contributed by atoms with Crippen molar-refractivity contribution in [1.29, 1.82) is 0 Å². The fraction of sp³-hybridized carbons (Fsp3) is 0.316. The molecular formula is C19H20N2O5. The van der Waals surface area contributed by atoms with E-state index in [1.165, 1.54) is 12.3 Å². The van der Waals surface area contributed by atoms with Gasteiger partial charge in [0.15, 0.2) is 6.61 Å². The molecule has 0 radical (unpaired) electrons. The maximum absolute atomic E-state index is 12.1. The van der Waals surface area contributed by atoms with Gasteiger partial charge in [-0.25, -0.2) is 0 Å². The van der Waals surface area contributed by atoms with Crippen molar-refractivity contribution in [2.75, 3.05) is 25.0 Å². The Morgan fingerprint density at radius 1 is 1.15 bits per heavy atom. The quantitative estimate of drug-likeness (QED) is 0.849. The lowest BCUT2D eigenvalue weighted by molar-refractivity contribution is -0.121. The highest BCUT2D eigenvalue weighted by Crippen LogP contribution is 2.12. The van der Waals surface area contributed by atoms with E-state index in [4.69, 9.17) is 9.15 Å². The SMILES string of the molecule is O=C1CCN(Cc2cc(=O)c(OCC(=O)Nc3ccccc3)co2)CC1. The van der Waals surface area contributed by atoms with E-state index in [0.717, 1.165) is 0 Å². The van der Waals surface area contributed by atoms with Crippen molar-refractivity contribution in [1.82, 2.24) is 4.90 Å². The molecule has 0 atom stereocenters. The number of para-hydroxylation sites is 1. The molecule has 1 aliphatic heterocycles. The van der Waals surface area contributed by atoms with Crippen LogP contribution in [-0.2, 0) is 16.1 Å². The van der Waals surface area contributed by atoms with Crippen LogP contribution in [0.5, 0.6) is 5.75 Å². The number of rotatable bonds is 6. The lowest BCUT2D eigenvalue weighted by atomic mass is 10.1. The molecule has 1 amide bonds. The molecule has 0 aliphatic carbocycles. The van der Waals surface area contributed by atoms with Gasteiger partial charge in [-0.05, 0) is 12.1 Å². The molecule has 1 N–H and O–H groups in total. The molecular weight excluding hydrogens is 336 g/mol. The number of anilines is 1. The third-order valence-corrected chi connectivity index (χ3v) is 4.06. The van der Waals surface area contributed by atoms with E-state index in [9.17, 15) is 14.4 Å². The average Bonchev–Trinajstić information content (AvgIpc) is 2.64. The van der Waals surface area contributed by atoms with E-state index in [0.29, 0.717) is 43.9 Å². The van der Waals surface area contributed by atoms with Gasteiger partial charge < -0.3 is 14.5 Å². The largest absolute Gasteiger partial charge is 0.477 e. The maximum Gasteiger partial charge on any atom is 0.262 e. The first-order valence-electron chi connectivity index (χ1n) is 8.43. The van der Waals surface area contributed by atoms with Gasteiger partial charge in [0.05, 0.1) is 6.54 Å². The molecule has 2 aromatic rings. The number of nitrogens with one attached hydrogen (secondary N) is 1. The Labute approximate surface area is 150 Å². The molecule has 7 heteroatoms. The van der Waals surface area contributed by atoms with E-state index in [-0.39, 0.29) is 29.5 Å². The molecule has 1 aliphatic rings. The molecule has 1 aromatic carbocycles. The molecule has 0 saturated carbocycles. The fourth-order valence-corrected chi connectivity index (χ4v) is 2.67. The van der Waals surface area contributed by atoms with Gasteiger partial charge in [-0.15, -0.1) is 0 Å². The highest BCUT2D eigenvalue weighted by atomic mass is 16.5. The number of nitrogens with zero attached hydrogens (tertiary/aromatic N) is 1. The summed E-state index contributed by atoms with van der Waals surface area (Å²) in [5.41, 5.74) is 0.315. The average molecular weight is 356 g/mol. The molecule has 0 spiro atoms. The zero-order valence-corrected chi connectivity index (χ0v) is 14.3. The molecule has 0 bridgehead atoms. The summed E-state index contributed by atoms with van der Waals surface area (Å²) in [7, 11) is 0. The smallest absolute Gasteiger partial charge is 0.262 e. The number of piperidine rings is 1. The van der Waals surface area contributed by atoms with Crippen molar-refractivity contribution in [3.63, 3.8) is 0 Å². The molecule has 3 rings (SSSR count). The molecule has 7 nitrogen and oxygen atoms in total. The Hall–Kier alpha value is -2.93. The van der Waals surface area contributed by atoms with Crippen molar-refractivity contribution < 1.29 is 18.7 Å². The highest BCUT2D eigenvalue weighted by Gasteiger charge is 2.17. The highest BCUT2D eigenvalue weighted by molar-refractivity contribution is 5.91. The summed E-state index contributed by atoms with van der Waals surface area (Å²) in [6, 6.07) is 10.3. The number of likely N-dealkylation sites (tertiary alicyclic amines) is 1. The van der Waals surface area contributed by atoms with E-state index < -0.39 is 0 Å². The minimum Gasteiger partial charge on any atom is -0.477 e. The maximum atomic E-state index is 12.1. The number of hydrogen-bond donors (Lipinski definition) is 1. The van der Waals surface area contributed by atoms with Crippen LogP contribution in [0, 0.1) is 0 Å². The summed E-state index contributed by atoms with van der Waals surface area (Å²) < 4.78 is 10.7. The molecule has 136 valence electrons. The van der Waals surface area contributed by atoms with Crippen molar-refractivity contribution in [3.05, 3.63) is 58.6 Å². The zero-order valence-electron chi connectivity index (χ0n) is 14.3. The van der Waals surface area contributed by atoms with Crippen molar-refractivity contribution in [2.45, 2.75) is 19.4 Å². The first-order chi connectivity index (χ1) is 12.6. The summed E-state index contributed by atoms with van der Waals surface area (Å²) in [5, 5.41) is 2.67. The van der Waals surface area contributed by atoms with Crippen LogP contribution in [0.2, 0.25) is 0 Å². The molecule has 1 aromatic heterocycles.